The number of rotatable bonds is 4. The van der Waals surface area contributed by atoms with E-state index in [2.05, 4.69) is 5.32 Å². The van der Waals surface area contributed by atoms with Crippen molar-refractivity contribution in [3.8, 4) is 0 Å². The Balaban J connectivity index is 1.55. The summed E-state index contributed by atoms with van der Waals surface area (Å²) in [5.41, 5.74) is 2.20. The largest absolute Gasteiger partial charge is 0.451 e. The van der Waals surface area contributed by atoms with Crippen LogP contribution in [0.25, 0.3) is 11.0 Å². The highest BCUT2D eigenvalue weighted by atomic mass is 32.2. The molecule has 0 bridgehead atoms. The molecule has 1 aliphatic heterocycles. The molecule has 32 heavy (non-hydrogen) atoms. The Morgan fingerprint density at radius 3 is 2.53 bits per heavy atom. The van der Waals surface area contributed by atoms with Crippen LogP contribution in [0.3, 0.4) is 0 Å². The van der Waals surface area contributed by atoms with Gasteiger partial charge >= 0.3 is 0 Å². The minimum Gasteiger partial charge on any atom is -0.451 e. The Bertz CT molecular complexity index is 1340. The molecule has 1 atom stereocenters. The smallest absolute Gasteiger partial charge is 0.291 e. The zero-order chi connectivity index (χ0) is 23.0. The van der Waals surface area contributed by atoms with Crippen molar-refractivity contribution in [1.29, 1.82) is 0 Å². The molecule has 1 fully saturated rings. The van der Waals surface area contributed by atoms with E-state index in [1.54, 1.807) is 6.07 Å². The van der Waals surface area contributed by atoms with E-state index in [4.69, 9.17) is 4.42 Å². The minimum absolute atomic E-state index is 0.105. The van der Waals surface area contributed by atoms with Crippen LogP contribution in [-0.4, -0.2) is 31.7 Å². The second-order valence-electron chi connectivity index (χ2n) is 8.52. The van der Waals surface area contributed by atoms with Gasteiger partial charge in [-0.2, -0.15) is 4.31 Å². The first-order valence-corrected chi connectivity index (χ1v) is 12.1. The van der Waals surface area contributed by atoms with Crippen molar-refractivity contribution in [3.05, 3.63) is 69.6 Å². The number of sulfonamides is 1. The van der Waals surface area contributed by atoms with Gasteiger partial charge in [0.1, 0.15) is 5.58 Å². The molecule has 2 aromatic carbocycles. The highest BCUT2D eigenvalue weighted by molar-refractivity contribution is 7.89. The number of benzene rings is 2. The summed E-state index contributed by atoms with van der Waals surface area (Å²) in [7, 11) is -3.57. The lowest BCUT2D eigenvalue weighted by molar-refractivity contribution is 0.0997. The number of carbonyl (C=O) groups is 1. The summed E-state index contributed by atoms with van der Waals surface area (Å²) in [5.74, 6) is -0.351. The van der Waals surface area contributed by atoms with Gasteiger partial charge in [-0.1, -0.05) is 13.0 Å². The number of aryl methyl sites for hydroxylation is 2. The van der Waals surface area contributed by atoms with E-state index in [0.717, 1.165) is 24.0 Å². The molecule has 0 spiro atoms. The van der Waals surface area contributed by atoms with Gasteiger partial charge in [0, 0.05) is 24.8 Å². The summed E-state index contributed by atoms with van der Waals surface area (Å²) in [5, 5.41) is 3.12. The molecule has 1 aromatic heterocycles. The van der Waals surface area contributed by atoms with Gasteiger partial charge in [0.25, 0.3) is 5.91 Å². The van der Waals surface area contributed by atoms with Gasteiger partial charge in [0.15, 0.2) is 11.2 Å². The van der Waals surface area contributed by atoms with E-state index >= 15 is 0 Å². The van der Waals surface area contributed by atoms with Crippen LogP contribution >= 0.6 is 0 Å². The van der Waals surface area contributed by atoms with Crippen molar-refractivity contribution < 1.29 is 17.6 Å². The molecule has 0 unspecified atom stereocenters. The molecule has 0 radical (unpaired) electrons. The molecular weight excluding hydrogens is 428 g/mol. The second kappa shape index (κ2) is 8.52. The number of amides is 1. The van der Waals surface area contributed by atoms with Gasteiger partial charge in [0.05, 0.1) is 10.3 Å². The molecule has 1 saturated heterocycles. The summed E-state index contributed by atoms with van der Waals surface area (Å²) in [4.78, 5) is 25.4. The number of carbonyl (C=O) groups excluding carboxylic acids is 1. The minimum atomic E-state index is -3.57. The first kappa shape index (κ1) is 22.2. The summed E-state index contributed by atoms with van der Waals surface area (Å²) in [6.45, 7) is 6.80. The molecule has 0 saturated carbocycles. The third-order valence-corrected chi connectivity index (χ3v) is 7.65. The lowest BCUT2D eigenvalue weighted by atomic mass is 10.0. The predicted octanol–water partition coefficient (Wildman–Crippen LogP) is 4.08. The molecular formula is C24H26N2O5S. The van der Waals surface area contributed by atoms with Crippen molar-refractivity contribution in [2.24, 2.45) is 5.92 Å². The van der Waals surface area contributed by atoms with Crippen LogP contribution in [0.2, 0.25) is 0 Å². The van der Waals surface area contributed by atoms with Crippen molar-refractivity contribution in [1.82, 2.24) is 4.31 Å². The molecule has 0 aliphatic carbocycles. The maximum atomic E-state index is 12.9. The highest BCUT2D eigenvalue weighted by Crippen LogP contribution is 2.25. The molecule has 7 nitrogen and oxygen atoms in total. The Morgan fingerprint density at radius 1 is 1.12 bits per heavy atom. The van der Waals surface area contributed by atoms with Crippen molar-refractivity contribution in [2.75, 3.05) is 18.4 Å². The monoisotopic (exact) mass is 454 g/mol. The zero-order valence-electron chi connectivity index (χ0n) is 18.3. The lowest BCUT2D eigenvalue weighted by Crippen LogP contribution is -2.39. The number of hydrogen-bond donors (Lipinski definition) is 1. The number of nitrogens with zero attached hydrogens (tertiary/aromatic N) is 1. The Kier molecular flexibility index (Phi) is 5.92. The van der Waals surface area contributed by atoms with Crippen LogP contribution in [0.15, 0.2) is 56.6 Å². The van der Waals surface area contributed by atoms with E-state index < -0.39 is 15.9 Å². The van der Waals surface area contributed by atoms with Gasteiger partial charge in [-0.15, -0.1) is 0 Å². The van der Waals surface area contributed by atoms with Crippen LogP contribution in [-0.2, 0) is 10.0 Å². The maximum absolute atomic E-state index is 12.9. The van der Waals surface area contributed by atoms with Crippen LogP contribution in [0.5, 0.6) is 0 Å². The topological polar surface area (TPSA) is 96.7 Å². The van der Waals surface area contributed by atoms with Gasteiger partial charge in [-0.25, -0.2) is 8.42 Å². The molecule has 4 rings (SSSR count). The quantitative estimate of drug-likeness (QED) is 0.641. The SMILES string of the molecule is Cc1cc(C)c2c(=O)cc(C(=O)Nc3ccc(S(=O)(=O)N4CCC[C@@H](C)C4)cc3)oc2c1. The average molecular weight is 455 g/mol. The molecule has 168 valence electrons. The van der Waals surface area contributed by atoms with E-state index in [-0.39, 0.29) is 16.1 Å². The molecule has 8 heteroatoms. The molecule has 2 heterocycles. The first-order chi connectivity index (χ1) is 15.1. The molecule has 1 amide bonds. The molecule has 1 N–H and O–H groups in total. The molecule has 1 aliphatic rings. The Labute approximate surface area is 187 Å². The van der Waals surface area contributed by atoms with Gasteiger partial charge in [-0.3, -0.25) is 9.59 Å². The van der Waals surface area contributed by atoms with Gasteiger partial charge in [-0.05, 0) is 74.1 Å². The number of piperidine rings is 1. The lowest BCUT2D eigenvalue weighted by Gasteiger charge is -2.30. The fraction of sp³-hybridized carbons (Fsp3) is 0.333. The highest BCUT2D eigenvalue weighted by Gasteiger charge is 2.28. The first-order valence-electron chi connectivity index (χ1n) is 10.6. The Morgan fingerprint density at radius 2 is 1.84 bits per heavy atom. The summed E-state index contributed by atoms with van der Waals surface area (Å²) < 4.78 is 33.0. The van der Waals surface area contributed by atoms with Crippen molar-refractivity contribution in [3.63, 3.8) is 0 Å². The standard InChI is InChI=1S/C24H26N2O5S/c1-15-5-4-10-26(14-15)32(29,30)19-8-6-18(7-9-19)25-24(28)22-13-20(27)23-17(3)11-16(2)12-21(23)31-22/h6-9,11-13,15H,4-5,10,14H2,1-3H3,(H,25,28)/t15-/m1/s1. The predicted molar refractivity (Wildman–Crippen MR) is 124 cm³/mol. The number of fused-ring (bicyclic) bond motifs is 1. The van der Waals surface area contributed by atoms with Crippen LogP contribution in [0.4, 0.5) is 5.69 Å². The fourth-order valence-corrected chi connectivity index (χ4v) is 5.79. The van der Waals surface area contributed by atoms with Crippen LogP contribution in [0.1, 0.15) is 41.4 Å². The fourth-order valence-electron chi connectivity index (χ4n) is 4.19. The number of hydrogen-bond acceptors (Lipinski definition) is 5. The third kappa shape index (κ3) is 4.33. The van der Waals surface area contributed by atoms with Crippen LogP contribution in [0, 0.1) is 19.8 Å². The second-order valence-corrected chi connectivity index (χ2v) is 10.5. The van der Waals surface area contributed by atoms with Crippen molar-refractivity contribution in [2.45, 2.75) is 38.5 Å². The van der Waals surface area contributed by atoms with E-state index in [1.165, 1.54) is 34.6 Å². The zero-order valence-corrected chi connectivity index (χ0v) is 19.2. The number of nitrogens with one attached hydrogen (secondary N) is 1. The Hall–Kier alpha value is -2.97. The summed E-state index contributed by atoms with van der Waals surface area (Å²) in [6, 6.07) is 10.8. The molecule has 3 aromatic rings. The van der Waals surface area contributed by atoms with Gasteiger partial charge < -0.3 is 9.73 Å². The maximum Gasteiger partial charge on any atom is 0.291 e. The van der Waals surface area contributed by atoms with E-state index in [0.29, 0.717) is 35.7 Å². The average Bonchev–Trinajstić information content (AvgIpc) is 2.73. The van der Waals surface area contributed by atoms with E-state index in [9.17, 15) is 18.0 Å². The third-order valence-electron chi connectivity index (χ3n) is 5.77. The normalized spacial score (nSPS) is 17.4. The summed E-state index contributed by atoms with van der Waals surface area (Å²) >= 11 is 0. The van der Waals surface area contributed by atoms with E-state index in [1.807, 2.05) is 26.8 Å². The van der Waals surface area contributed by atoms with Gasteiger partial charge in [0.2, 0.25) is 10.0 Å². The van der Waals surface area contributed by atoms with Crippen molar-refractivity contribution >= 4 is 32.6 Å². The van der Waals surface area contributed by atoms with Crippen LogP contribution < -0.4 is 10.7 Å². The summed E-state index contributed by atoms with van der Waals surface area (Å²) in [6.07, 6.45) is 1.88. The number of anilines is 1.